The van der Waals surface area contributed by atoms with Crippen molar-refractivity contribution in [3.63, 3.8) is 0 Å². The molecule has 0 fully saturated rings. The molecule has 1 aromatic carbocycles. The number of rotatable bonds is 3. The van der Waals surface area contributed by atoms with Crippen LogP contribution in [0.5, 0.6) is 0 Å². The van der Waals surface area contributed by atoms with Gasteiger partial charge in [0.1, 0.15) is 0 Å². The summed E-state index contributed by atoms with van der Waals surface area (Å²) in [4.78, 5) is 15.4. The second kappa shape index (κ2) is 4.88. The van der Waals surface area contributed by atoms with E-state index in [1.807, 2.05) is 53.9 Å². The second-order valence-corrected chi connectivity index (χ2v) is 5.87. The van der Waals surface area contributed by atoms with E-state index in [4.69, 9.17) is 0 Å². The van der Waals surface area contributed by atoms with Crippen LogP contribution in [0.4, 0.5) is 0 Å². The van der Waals surface area contributed by atoms with E-state index in [-0.39, 0.29) is 5.78 Å². The zero-order valence-corrected chi connectivity index (χ0v) is 11.1. The summed E-state index contributed by atoms with van der Waals surface area (Å²) in [6, 6.07) is 17.4. The Morgan fingerprint density at radius 1 is 0.833 bits per heavy atom. The van der Waals surface area contributed by atoms with Crippen molar-refractivity contribution in [2.24, 2.45) is 0 Å². The van der Waals surface area contributed by atoms with Crippen molar-refractivity contribution < 1.29 is 4.79 Å². The molecule has 0 radical (unpaired) electrons. The quantitative estimate of drug-likeness (QED) is 0.630. The molecule has 0 amide bonds. The van der Waals surface area contributed by atoms with E-state index in [1.165, 1.54) is 4.88 Å². The molecule has 0 spiro atoms. The molecule has 88 valence electrons. The molecule has 0 N–H and O–H groups in total. The topological polar surface area (TPSA) is 17.1 Å². The Hall–Kier alpha value is -1.71. The molecular formula is C15H10OS2. The Bertz CT molecular complexity index is 651. The molecule has 0 atom stereocenters. The standard InChI is InChI=1S/C15H10OS2/c16-15(11-5-2-1-3-6-11)14-9-8-13(18-14)12-7-4-10-17-12/h1-10H. The number of hydrogen-bond acceptors (Lipinski definition) is 3. The highest BCUT2D eigenvalue weighted by molar-refractivity contribution is 7.22. The molecule has 0 saturated heterocycles. The third-order valence-corrected chi connectivity index (χ3v) is 4.78. The molecule has 2 heterocycles. The molecule has 0 saturated carbocycles. The number of carbonyl (C=O) groups excluding carboxylic acids is 1. The van der Waals surface area contributed by atoms with E-state index < -0.39 is 0 Å². The largest absolute Gasteiger partial charge is 0.288 e. The molecule has 1 nitrogen and oxygen atoms in total. The van der Waals surface area contributed by atoms with Crippen LogP contribution in [0.2, 0.25) is 0 Å². The zero-order chi connectivity index (χ0) is 12.4. The van der Waals surface area contributed by atoms with Gasteiger partial charge in [0.2, 0.25) is 5.78 Å². The van der Waals surface area contributed by atoms with Crippen LogP contribution < -0.4 is 0 Å². The average Bonchev–Trinajstić information content (AvgIpc) is 3.09. The lowest BCUT2D eigenvalue weighted by molar-refractivity contribution is 0.104. The first-order valence-corrected chi connectivity index (χ1v) is 7.28. The minimum atomic E-state index is 0.100. The molecule has 18 heavy (non-hydrogen) atoms. The molecule has 0 bridgehead atoms. The van der Waals surface area contributed by atoms with Crippen molar-refractivity contribution in [2.45, 2.75) is 0 Å². The van der Waals surface area contributed by atoms with Gasteiger partial charge in [-0.15, -0.1) is 22.7 Å². The summed E-state index contributed by atoms with van der Waals surface area (Å²) in [5.41, 5.74) is 0.747. The first kappa shape index (κ1) is 11.4. The summed E-state index contributed by atoms with van der Waals surface area (Å²) in [6.45, 7) is 0. The number of carbonyl (C=O) groups is 1. The van der Waals surface area contributed by atoms with Crippen molar-refractivity contribution in [1.29, 1.82) is 0 Å². The van der Waals surface area contributed by atoms with E-state index >= 15 is 0 Å². The van der Waals surface area contributed by atoms with Crippen LogP contribution >= 0.6 is 22.7 Å². The van der Waals surface area contributed by atoms with Gasteiger partial charge in [-0.2, -0.15) is 0 Å². The summed E-state index contributed by atoms with van der Waals surface area (Å²) in [7, 11) is 0. The molecule has 2 aromatic heterocycles. The van der Waals surface area contributed by atoms with E-state index in [1.54, 1.807) is 22.7 Å². The average molecular weight is 270 g/mol. The van der Waals surface area contributed by atoms with E-state index in [0.717, 1.165) is 15.3 Å². The third-order valence-electron chi connectivity index (χ3n) is 2.63. The summed E-state index contributed by atoms with van der Waals surface area (Å²) < 4.78 is 0. The third kappa shape index (κ3) is 2.15. The van der Waals surface area contributed by atoms with Gasteiger partial charge in [0.25, 0.3) is 0 Å². The molecule has 0 aliphatic rings. The Morgan fingerprint density at radius 2 is 1.67 bits per heavy atom. The van der Waals surface area contributed by atoms with Crippen LogP contribution in [0, 0.1) is 0 Å². The van der Waals surface area contributed by atoms with Crippen LogP contribution in [0.25, 0.3) is 9.75 Å². The van der Waals surface area contributed by atoms with Gasteiger partial charge >= 0.3 is 0 Å². The van der Waals surface area contributed by atoms with Crippen LogP contribution in [-0.4, -0.2) is 5.78 Å². The van der Waals surface area contributed by atoms with Crippen molar-refractivity contribution in [2.75, 3.05) is 0 Å². The molecule has 3 aromatic rings. The second-order valence-electron chi connectivity index (χ2n) is 3.84. The monoisotopic (exact) mass is 270 g/mol. The predicted molar refractivity (Wildman–Crippen MR) is 77.5 cm³/mol. The smallest absolute Gasteiger partial charge is 0.202 e. The van der Waals surface area contributed by atoms with Crippen LogP contribution in [0.3, 0.4) is 0 Å². The fourth-order valence-electron chi connectivity index (χ4n) is 1.74. The van der Waals surface area contributed by atoms with Gasteiger partial charge in [0, 0.05) is 15.3 Å². The number of hydrogen-bond donors (Lipinski definition) is 0. The minimum Gasteiger partial charge on any atom is -0.288 e. The Balaban J connectivity index is 1.93. The van der Waals surface area contributed by atoms with Gasteiger partial charge in [0.15, 0.2) is 0 Å². The number of ketones is 1. The molecule has 3 rings (SSSR count). The van der Waals surface area contributed by atoms with E-state index in [0.29, 0.717) is 0 Å². The minimum absolute atomic E-state index is 0.100. The van der Waals surface area contributed by atoms with Crippen LogP contribution in [0.15, 0.2) is 60.0 Å². The maximum Gasteiger partial charge on any atom is 0.202 e. The molecule has 0 aliphatic heterocycles. The maximum absolute atomic E-state index is 12.2. The lowest BCUT2D eigenvalue weighted by Crippen LogP contribution is -1.97. The first-order chi connectivity index (χ1) is 8.84. The fraction of sp³-hybridized carbons (Fsp3) is 0. The molecule has 0 aliphatic carbocycles. The highest BCUT2D eigenvalue weighted by Gasteiger charge is 2.12. The van der Waals surface area contributed by atoms with Crippen molar-refractivity contribution in [3.8, 4) is 9.75 Å². The predicted octanol–water partition coefficient (Wildman–Crippen LogP) is 4.71. The van der Waals surface area contributed by atoms with Gasteiger partial charge < -0.3 is 0 Å². The normalized spacial score (nSPS) is 10.4. The fourth-order valence-corrected chi connectivity index (χ4v) is 3.55. The van der Waals surface area contributed by atoms with E-state index in [9.17, 15) is 4.79 Å². The van der Waals surface area contributed by atoms with Crippen molar-refractivity contribution in [1.82, 2.24) is 0 Å². The summed E-state index contributed by atoms with van der Waals surface area (Å²) in [5.74, 6) is 0.100. The zero-order valence-electron chi connectivity index (χ0n) is 9.50. The van der Waals surface area contributed by atoms with Crippen molar-refractivity contribution >= 4 is 28.5 Å². The van der Waals surface area contributed by atoms with E-state index in [2.05, 4.69) is 6.07 Å². The number of benzene rings is 1. The summed E-state index contributed by atoms with van der Waals surface area (Å²) in [5, 5.41) is 2.05. The first-order valence-electron chi connectivity index (χ1n) is 5.58. The Kier molecular flexibility index (Phi) is 3.09. The molecule has 3 heteroatoms. The summed E-state index contributed by atoms with van der Waals surface area (Å²) >= 11 is 3.25. The number of thiophene rings is 2. The van der Waals surface area contributed by atoms with Crippen molar-refractivity contribution in [3.05, 3.63) is 70.4 Å². The highest BCUT2D eigenvalue weighted by Crippen LogP contribution is 2.32. The van der Waals surface area contributed by atoms with Crippen LogP contribution in [-0.2, 0) is 0 Å². The van der Waals surface area contributed by atoms with Gasteiger partial charge in [-0.1, -0.05) is 36.4 Å². The van der Waals surface area contributed by atoms with Gasteiger partial charge in [-0.3, -0.25) is 4.79 Å². The van der Waals surface area contributed by atoms with Gasteiger partial charge in [0.05, 0.1) is 4.88 Å². The SMILES string of the molecule is O=C(c1ccccc1)c1ccc(-c2cccs2)s1. The maximum atomic E-state index is 12.2. The lowest BCUT2D eigenvalue weighted by Gasteiger charge is -1.96. The van der Waals surface area contributed by atoms with Gasteiger partial charge in [-0.05, 0) is 23.6 Å². The molecule has 0 unspecified atom stereocenters. The van der Waals surface area contributed by atoms with Gasteiger partial charge in [-0.25, -0.2) is 0 Å². The lowest BCUT2D eigenvalue weighted by atomic mass is 10.1. The van der Waals surface area contributed by atoms with Crippen LogP contribution in [0.1, 0.15) is 15.2 Å². The molecular weight excluding hydrogens is 260 g/mol. The Morgan fingerprint density at radius 3 is 2.39 bits per heavy atom. The highest BCUT2D eigenvalue weighted by atomic mass is 32.1. The summed E-state index contributed by atoms with van der Waals surface area (Å²) in [6.07, 6.45) is 0. The Labute approximate surface area is 113 Å².